The van der Waals surface area contributed by atoms with Gasteiger partial charge < -0.3 is 10.0 Å². The summed E-state index contributed by atoms with van der Waals surface area (Å²) >= 11 is 0. The molecule has 0 aliphatic heterocycles. The zero-order chi connectivity index (χ0) is 9.72. The summed E-state index contributed by atoms with van der Waals surface area (Å²) in [6.45, 7) is 1.63. The lowest BCUT2D eigenvalue weighted by Crippen LogP contribution is -2.15. The summed E-state index contributed by atoms with van der Waals surface area (Å²) in [4.78, 5) is 23.1. The number of Topliss-reactive ketones (excluding diaryl/α,β-unsaturated/α-hetero) is 1. The summed E-state index contributed by atoms with van der Waals surface area (Å²) in [7, 11) is 3.34. The zero-order valence-electron chi connectivity index (χ0n) is 7.50. The van der Waals surface area contributed by atoms with Crippen LogP contribution in [0.2, 0.25) is 0 Å². The van der Waals surface area contributed by atoms with E-state index in [1.54, 1.807) is 21.0 Å². The first kappa shape index (κ1) is 10.7. The normalized spacial score (nSPS) is 11.1. The standard InChI is InChI=1S/C8H13NO3/c1-4-7(10)6(8(11)12)5-9(2)3/h5H,4H2,1-3H3,(H,11,12)/b6-5-. The summed E-state index contributed by atoms with van der Waals surface area (Å²) in [5.74, 6) is -1.52. The summed E-state index contributed by atoms with van der Waals surface area (Å²) in [6, 6.07) is 0. The van der Waals surface area contributed by atoms with Crippen LogP contribution in [-0.4, -0.2) is 35.9 Å². The first-order valence-corrected chi connectivity index (χ1v) is 3.63. The number of carbonyl (C=O) groups excluding carboxylic acids is 1. The van der Waals surface area contributed by atoms with Gasteiger partial charge in [-0.15, -0.1) is 0 Å². The van der Waals surface area contributed by atoms with Gasteiger partial charge in [0.05, 0.1) is 0 Å². The van der Waals surface area contributed by atoms with Crippen molar-refractivity contribution in [2.75, 3.05) is 14.1 Å². The molecule has 1 N–H and O–H groups in total. The van der Waals surface area contributed by atoms with E-state index in [0.29, 0.717) is 0 Å². The molecule has 0 aliphatic carbocycles. The van der Waals surface area contributed by atoms with Gasteiger partial charge in [-0.2, -0.15) is 0 Å². The molecule has 0 unspecified atom stereocenters. The number of hydrogen-bond donors (Lipinski definition) is 1. The number of nitrogens with zero attached hydrogens (tertiary/aromatic N) is 1. The number of carboxylic acids is 1. The molecule has 0 aromatic heterocycles. The third-order valence-electron chi connectivity index (χ3n) is 1.24. The van der Waals surface area contributed by atoms with E-state index in [2.05, 4.69) is 0 Å². The van der Waals surface area contributed by atoms with Crippen LogP contribution >= 0.6 is 0 Å². The topological polar surface area (TPSA) is 57.6 Å². The van der Waals surface area contributed by atoms with Crippen LogP contribution in [-0.2, 0) is 9.59 Å². The molecule has 68 valence electrons. The quantitative estimate of drug-likeness (QED) is 0.380. The maximum Gasteiger partial charge on any atom is 0.340 e. The number of carboxylic acid groups (broad SMARTS) is 1. The van der Waals surface area contributed by atoms with Crippen LogP contribution in [0, 0.1) is 0 Å². The van der Waals surface area contributed by atoms with Crippen LogP contribution in [0.4, 0.5) is 0 Å². The molecule has 4 heteroatoms. The van der Waals surface area contributed by atoms with Crippen molar-refractivity contribution < 1.29 is 14.7 Å². The molecule has 0 saturated carbocycles. The average molecular weight is 171 g/mol. The van der Waals surface area contributed by atoms with Crippen LogP contribution in [0.15, 0.2) is 11.8 Å². The van der Waals surface area contributed by atoms with Gasteiger partial charge in [0, 0.05) is 26.7 Å². The highest BCUT2D eigenvalue weighted by atomic mass is 16.4. The molecule has 0 aromatic rings. The fourth-order valence-corrected chi connectivity index (χ4v) is 0.695. The maximum absolute atomic E-state index is 11.0. The largest absolute Gasteiger partial charge is 0.478 e. The Balaban J connectivity index is 4.67. The van der Waals surface area contributed by atoms with Gasteiger partial charge in [0.2, 0.25) is 0 Å². The van der Waals surface area contributed by atoms with E-state index >= 15 is 0 Å². The molecule has 0 atom stereocenters. The van der Waals surface area contributed by atoms with E-state index in [-0.39, 0.29) is 17.8 Å². The van der Waals surface area contributed by atoms with E-state index in [9.17, 15) is 9.59 Å². The van der Waals surface area contributed by atoms with Gasteiger partial charge in [-0.25, -0.2) is 4.79 Å². The SMILES string of the molecule is CCC(=O)/C(=C/N(C)C)C(=O)O. The average Bonchev–Trinajstić information content (AvgIpc) is 1.98. The Labute approximate surface area is 71.5 Å². The Bertz CT molecular complexity index is 218. The molecular weight excluding hydrogens is 158 g/mol. The van der Waals surface area contributed by atoms with Crippen LogP contribution in [0.5, 0.6) is 0 Å². The van der Waals surface area contributed by atoms with Gasteiger partial charge in [0.15, 0.2) is 5.78 Å². The van der Waals surface area contributed by atoms with Crippen molar-refractivity contribution in [2.24, 2.45) is 0 Å². The van der Waals surface area contributed by atoms with Crippen molar-refractivity contribution in [1.29, 1.82) is 0 Å². The van der Waals surface area contributed by atoms with E-state index in [0.717, 1.165) is 0 Å². The highest BCUT2D eigenvalue weighted by Crippen LogP contribution is 2.00. The minimum absolute atomic E-state index is 0.164. The molecule has 0 rings (SSSR count). The first-order valence-electron chi connectivity index (χ1n) is 3.63. The van der Waals surface area contributed by atoms with E-state index < -0.39 is 5.97 Å². The van der Waals surface area contributed by atoms with E-state index in [1.807, 2.05) is 0 Å². The van der Waals surface area contributed by atoms with Gasteiger partial charge >= 0.3 is 5.97 Å². The van der Waals surface area contributed by atoms with Gasteiger partial charge in [0.25, 0.3) is 0 Å². The van der Waals surface area contributed by atoms with Crippen LogP contribution in [0.25, 0.3) is 0 Å². The van der Waals surface area contributed by atoms with Crippen molar-refractivity contribution in [2.45, 2.75) is 13.3 Å². The molecule has 0 aromatic carbocycles. The van der Waals surface area contributed by atoms with E-state index in [1.165, 1.54) is 11.1 Å². The van der Waals surface area contributed by atoms with Crippen LogP contribution < -0.4 is 0 Å². The molecule has 0 heterocycles. The highest BCUT2D eigenvalue weighted by molar-refractivity contribution is 6.16. The Hall–Kier alpha value is -1.32. The Kier molecular flexibility index (Phi) is 4.04. The van der Waals surface area contributed by atoms with Gasteiger partial charge in [-0.05, 0) is 0 Å². The fourth-order valence-electron chi connectivity index (χ4n) is 0.695. The van der Waals surface area contributed by atoms with Crippen molar-refractivity contribution in [3.8, 4) is 0 Å². The van der Waals surface area contributed by atoms with E-state index in [4.69, 9.17) is 5.11 Å². The minimum Gasteiger partial charge on any atom is -0.478 e. The predicted molar refractivity (Wildman–Crippen MR) is 44.7 cm³/mol. The number of aliphatic carboxylic acids is 1. The molecule has 0 bridgehead atoms. The second-order valence-corrected chi connectivity index (χ2v) is 2.59. The lowest BCUT2D eigenvalue weighted by molar-refractivity contribution is -0.134. The van der Waals surface area contributed by atoms with Crippen LogP contribution in [0.1, 0.15) is 13.3 Å². The van der Waals surface area contributed by atoms with Gasteiger partial charge in [-0.1, -0.05) is 6.92 Å². The lowest BCUT2D eigenvalue weighted by atomic mass is 10.1. The predicted octanol–water partition coefficient (Wildman–Crippen LogP) is 0.496. The third kappa shape index (κ3) is 3.18. The van der Waals surface area contributed by atoms with Gasteiger partial charge in [-0.3, -0.25) is 4.79 Å². The maximum atomic E-state index is 11.0. The second kappa shape index (κ2) is 4.54. The fraction of sp³-hybridized carbons (Fsp3) is 0.500. The monoisotopic (exact) mass is 171 g/mol. The van der Waals surface area contributed by atoms with Crippen molar-refractivity contribution in [1.82, 2.24) is 4.90 Å². The lowest BCUT2D eigenvalue weighted by Gasteiger charge is -2.06. The zero-order valence-corrected chi connectivity index (χ0v) is 7.50. The Morgan fingerprint density at radius 1 is 1.42 bits per heavy atom. The summed E-state index contributed by atoms with van der Waals surface area (Å²) in [5.41, 5.74) is -0.164. The van der Waals surface area contributed by atoms with Crippen molar-refractivity contribution >= 4 is 11.8 Å². The molecule has 0 spiro atoms. The number of hydrogen-bond acceptors (Lipinski definition) is 3. The summed E-state index contributed by atoms with van der Waals surface area (Å²) in [6.07, 6.45) is 1.53. The molecule has 12 heavy (non-hydrogen) atoms. The van der Waals surface area contributed by atoms with Crippen LogP contribution in [0.3, 0.4) is 0 Å². The Morgan fingerprint density at radius 2 is 1.92 bits per heavy atom. The number of ketones is 1. The summed E-state index contributed by atoms with van der Waals surface area (Å²) < 4.78 is 0. The molecule has 0 amide bonds. The van der Waals surface area contributed by atoms with Crippen molar-refractivity contribution in [3.63, 3.8) is 0 Å². The molecular formula is C8H13NO3. The number of carbonyl (C=O) groups is 2. The Morgan fingerprint density at radius 3 is 2.17 bits per heavy atom. The molecule has 0 aliphatic rings. The second-order valence-electron chi connectivity index (χ2n) is 2.59. The first-order chi connectivity index (χ1) is 5.49. The highest BCUT2D eigenvalue weighted by Gasteiger charge is 2.14. The van der Waals surface area contributed by atoms with Gasteiger partial charge in [0.1, 0.15) is 5.57 Å². The molecule has 4 nitrogen and oxygen atoms in total. The number of rotatable bonds is 4. The third-order valence-corrected chi connectivity index (χ3v) is 1.24. The minimum atomic E-state index is -1.17. The molecule has 0 radical (unpaired) electrons. The summed E-state index contributed by atoms with van der Waals surface area (Å²) in [5, 5.41) is 8.61. The smallest absolute Gasteiger partial charge is 0.340 e. The molecule has 0 saturated heterocycles. The van der Waals surface area contributed by atoms with Crippen molar-refractivity contribution in [3.05, 3.63) is 11.8 Å². The molecule has 0 fully saturated rings.